The maximum Gasteiger partial charge on any atom is 0.227 e. The van der Waals surface area contributed by atoms with Gasteiger partial charge in [0.05, 0.1) is 12.2 Å². The summed E-state index contributed by atoms with van der Waals surface area (Å²) >= 11 is 0. The Morgan fingerprint density at radius 1 is 1.13 bits per heavy atom. The van der Waals surface area contributed by atoms with Crippen molar-refractivity contribution in [2.75, 3.05) is 11.4 Å². The minimum Gasteiger partial charge on any atom is -0.352 e. The molecule has 2 heterocycles. The van der Waals surface area contributed by atoms with Crippen LogP contribution in [0, 0.1) is 5.92 Å². The molecule has 0 unspecified atom stereocenters. The van der Waals surface area contributed by atoms with Crippen molar-refractivity contribution in [1.29, 1.82) is 0 Å². The van der Waals surface area contributed by atoms with Crippen molar-refractivity contribution < 1.29 is 9.59 Å². The van der Waals surface area contributed by atoms with E-state index < -0.39 is 0 Å². The molecule has 0 saturated carbocycles. The molecule has 3 aromatic rings. The van der Waals surface area contributed by atoms with Crippen molar-refractivity contribution in [3.8, 4) is 0 Å². The van der Waals surface area contributed by atoms with Crippen LogP contribution in [0.4, 0.5) is 5.69 Å². The molecule has 1 saturated heterocycles. The minimum absolute atomic E-state index is 0.00672. The van der Waals surface area contributed by atoms with Gasteiger partial charge in [0.1, 0.15) is 0 Å². The zero-order valence-electron chi connectivity index (χ0n) is 17.1. The predicted octanol–water partition coefficient (Wildman–Crippen LogP) is 3.16. The van der Waals surface area contributed by atoms with Gasteiger partial charge in [-0.25, -0.2) is 4.98 Å². The van der Waals surface area contributed by atoms with Gasteiger partial charge in [-0.2, -0.15) is 0 Å². The summed E-state index contributed by atoms with van der Waals surface area (Å²) in [6, 6.07) is 16.1. The summed E-state index contributed by atoms with van der Waals surface area (Å²) in [5.41, 5.74) is 4.27. The molecular weight excluding hydrogens is 376 g/mol. The van der Waals surface area contributed by atoms with Crippen molar-refractivity contribution >= 4 is 17.5 Å². The first-order chi connectivity index (χ1) is 14.6. The van der Waals surface area contributed by atoms with Gasteiger partial charge in [0.25, 0.3) is 0 Å². The molecule has 1 fully saturated rings. The third-order valence-corrected chi connectivity index (χ3v) is 5.54. The highest BCUT2D eigenvalue weighted by Gasteiger charge is 2.35. The number of carbonyl (C=O) groups excluding carboxylic acids is 2. The molecule has 0 aliphatic carbocycles. The Morgan fingerprint density at radius 3 is 2.67 bits per heavy atom. The highest BCUT2D eigenvalue weighted by molar-refractivity contribution is 6.00. The van der Waals surface area contributed by atoms with Gasteiger partial charge in [0.2, 0.25) is 11.8 Å². The monoisotopic (exact) mass is 402 g/mol. The average molecular weight is 402 g/mol. The van der Waals surface area contributed by atoms with Crippen LogP contribution in [0.5, 0.6) is 0 Å². The molecule has 0 radical (unpaired) electrons. The summed E-state index contributed by atoms with van der Waals surface area (Å²) in [5.74, 6) is -0.379. The Bertz CT molecular complexity index is 1010. The maximum absolute atomic E-state index is 12.6. The number of carbonyl (C=O) groups is 2. The standard InChI is InChI=1S/C24H26N4O2/c1-2-18-4-3-5-22(12-18)28-16-21(13-23(28)29)24(30)26-14-19-6-8-20(9-7-19)15-27-11-10-25-17-27/h3-12,17,21H,2,13-16H2,1H3,(H,26,30)/t21-/m1/s1. The lowest BCUT2D eigenvalue weighted by atomic mass is 10.1. The number of nitrogens with zero attached hydrogens (tertiary/aromatic N) is 3. The van der Waals surface area contributed by atoms with E-state index in [-0.39, 0.29) is 24.2 Å². The number of hydrogen-bond donors (Lipinski definition) is 1. The van der Waals surface area contributed by atoms with Crippen LogP contribution in [0.2, 0.25) is 0 Å². The number of anilines is 1. The predicted molar refractivity (Wildman–Crippen MR) is 116 cm³/mol. The number of rotatable bonds is 7. The normalized spacial score (nSPS) is 16.1. The first kappa shape index (κ1) is 19.9. The molecule has 1 aromatic heterocycles. The van der Waals surface area contributed by atoms with Crippen molar-refractivity contribution in [2.24, 2.45) is 5.92 Å². The van der Waals surface area contributed by atoms with E-state index in [2.05, 4.69) is 35.4 Å². The summed E-state index contributed by atoms with van der Waals surface area (Å²) in [7, 11) is 0. The minimum atomic E-state index is -0.316. The second-order valence-corrected chi connectivity index (χ2v) is 7.70. The Hall–Kier alpha value is -3.41. The van der Waals surface area contributed by atoms with Crippen LogP contribution in [0.1, 0.15) is 30.0 Å². The van der Waals surface area contributed by atoms with Crippen molar-refractivity contribution in [2.45, 2.75) is 32.9 Å². The number of nitrogens with one attached hydrogen (secondary N) is 1. The van der Waals surface area contributed by atoms with E-state index in [9.17, 15) is 9.59 Å². The highest BCUT2D eigenvalue weighted by Crippen LogP contribution is 2.26. The van der Waals surface area contributed by atoms with E-state index >= 15 is 0 Å². The number of aryl methyl sites for hydroxylation is 1. The molecule has 6 heteroatoms. The van der Waals surface area contributed by atoms with Crippen LogP contribution in [0.25, 0.3) is 0 Å². The summed E-state index contributed by atoms with van der Waals surface area (Å²) in [4.78, 5) is 30.9. The average Bonchev–Trinajstić information content (AvgIpc) is 3.42. The van der Waals surface area contributed by atoms with Crippen LogP contribution >= 0.6 is 0 Å². The second kappa shape index (κ2) is 8.95. The molecule has 2 amide bonds. The van der Waals surface area contributed by atoms with Crippen LogP contribution in [0.15, 0.2) is 67.3 Å². The lowest BCUT2D eigenvalue weighted by Gasteiger charge is -2.17. The molecule has 30 heavy (non-hydrogen) atoms. The number of aromatic nitrogens is 2. The second-order valence-electron chi connectivity index (χ2n) is 7.70. The van der Waals surface area contributed by atoms with Crippen molar-refractivity contribution in [1.82, 2.24) is 14.9 Å². The SMILES string of the molecule is CCc1cccc(N2C[C@H](C(=O)NCc3ccc(Cn4ccnc4)cc3)CC2=O)c1. The smallest absolute Gasteiger partial charge is 0.227 e. The molecule has 1 N–H and O–H groups in total. The van der Waals surface area contributed by atoms with Gasteiger partial charge in [0.15, 0.2) is 0 Å². The van der Waals surface area contributed by atoms with E-state index in [4.69, 9.17) is 0 Å². The van der Waals surface area contributed by atoms with Gasteiger partial charge < -0.3 is 14.8 Å². The molecular formula is C24H26N4O2. The Labute approximate surface area is 176 Å². The molecule has 1 aliphatic rings. The van der Waals surface area contributed by atoms with Gasteiger partial charge in [-0.15, -0.1) is 0 Å². The summed E-state index contributed by atoms with van der Waals surface area (Å²) in [6.07, 6.45) is 6.66. The zero-order valence-corrected chi connectivity index (χ0v) is 17.1. The summed E-state index contributed by atoms with van der Waals surface area (Å²) in [5, 5.41) is 2.99. The lowest BCUT2D eigenvalue weighted by Crippen LogP contribution is -2.32. The summed E-state index contributed by atoms with van der Waals surface area (Å²) in [6.45, 7) is 3.75. The number of hydrogen-bond acceptors (Lipinski definition) is 3. The Morgan fingerprint density at radius 2 is 1.93 bits per heavy atom. The van der Waals surface area contributed by atoms with Gasteiger partial charge in [-0.05, 0) is 35.2 Å². The summed E-state index contributed by atoms with van der Waals surface area (Å²) < 4.78 is 2.01. The third kappa shape index (κ3) is 4.59. The van der Waals surface area contributed by atoms with Crippen molar-refractivity contribution in [3.05, 3.63) is 83.9 Å². The lowest BCUT2D eigenvalue weighted by molar-refractivity contribution is -0.126. The van der Waals surface area contributed by atoms with Crippen LogP contribution in [0.3, 0.4) is 0 Å². The first-order valence-corrected chi connectivity index (χ1v) is 10.3. The third-order valence-electron chi connectivity index (χ3n) is 5.54. The topological polar surface area (TPSA) is 67.2 Å². The number of amides is 2. The van der Waals surface area contributed by atoms with Gasteiger partial charge in [-0.1, -0.05) is 43.3 Å². The zero-order chi connectivity index (χ0) is 20.9. The quantitative estimate of drug-likeness (QED) is 0.660. The molecule has 2 aromatic carbocycles. The molecule has 1 aliphatic heterocycles. The van der Waals surface area contributed by atoms with E-state index in [0.717, 1.165) is 24.2 Å². The first-order valence-electron chi connectivity index (χ1n) is 10.3. The molecule has 0 spiro atoms. The molecule has 6 nitrogen and oxygen atoms in total. The van der Waals surface area contributed by atoms with Gasteiger partial charge >= 0.3 is 0 Å². The molecule has 154 valence electrons. The van der Waals surface area contributed by atoms with E-state index in [1.807, 2.05) is 41.1 Å². The van der Waals surface area contributed by atoms with E-state index in [1.54, 1.807) is 17.4 Å². The van der Waals surface area contributed by atoms with Crippen LogP contribution < -0.4 is 10.2 Å². The highest BCUT2D eigenvalue weighted by atomic mass is 16.2. The fourth-order valence-electron chi connectivity index (χ4n) is 3.76. The number of benzene rings is 2. The van der Waals surface area contributed by atoms with Crippen LogP contribution in [-0.4, -0.2) is 27.9 Å². The number of imidazole rings is 1. The molecule has 0 bridgehead atoms. The maximum atomic E-state index is 12.6. The van der Waals surface area contributed by atoms with Gasteiger partial charge in [0, 0.05) is 44.1 Å². The van der Waals surface area contributed by atoms with Crippen LogP contribution in [-0.2, 0) is 29.1 Å². The molecule has 4 rings (SSSR count). The fraction of sp³-hybridized carbons (Fsp3) is 0.292. The van der Waals surface area contributed by atoms with E-state index in [0.29, 0.717) is 13.1 Å². The Kier molecular flexibility index (Phi) is 5.93. The van der Waals surface area contributed by atoms with E-state index in [1.165, 1.54) is 11.1 Å². The van der Waals surface area contributed by atoms with Gasteiger partial charge in [-0.3, -0.25) is 9.59 Å². The molecule has 1 atom stereocenters. The Balaban J connectivity index is 1.31. The largest absolute Gasteiger partial charge is 0.352 e. The fourth-order valence-corrected chi connectivity index (χ4v) is 3.76. The van der Waals surface area contributed by atoms with Crippen molar-refractivity contribution in [3.63, 3.8) is 0 Å².